The van der Waals surface area contributed by atoms with Crippen molar-refractivity contribution in [1.82, 2.24) is 0 Å². The smallest absolute Gasteiger partial charge is 0.0911 e. The summed E-state index contributed by atoms with van der Waals surface area (Å²) in [5.74, 6) is -2.34. The lowest BCUT2D eigenvalue weighted by Crippen LogP contribution is -2.33. The van der Waals surface area contributed by atoms with E-state index in [0.29, 0.717) is 11.1 Å². The first-order chi connectivity index (χ1) is 8.70. The fourth-order valence-electron chi connectivity index (χ4n) is 1.95. The maximum atomic E-state index is 11.2. The Kier molecular flexibility index (Phi) is 3.75. The number of carboxylic acid groups (broad SMARTS) is 1. The highest BCUT2D eigenvalue weighted by Crippen LogP contribution is 2.30. The summed E-state index contributed by atoms with van der Waals surface area (Å²) in [6, 6.07) is 17.3. The highest BCUT2D eigenvalue weighted by Gasteiger charge is 2.23. The molecule has 0 heterocycles. The van der Waals surface area contributed by atoms with Crippen LogP contribution in [0.2, 0.25) is 0 Å². The third kappa shape index (κ3) is 2.57. The molecule has 2 atom stereocenters. The minimum Gasteiger partial charge on any atom is -0.549 e. The van der Waals surface area contributed by atoms with Crippen LogP contribution < -0.4 is 5.11 Å². The zero-order valence-electron chi connectivity index (χ0n) is 9.69. The molecular weight excluding hydrogens is 228 g/mol. The molecule has 18 heavy (non-hydrogen) atoms. The highest BCUT2D eigenvalue weighted by atomic mass is 16.4. The van der Waals surface area contributed by atoms with E-state index >= 15 is 0 Å². The van der Waals surface area contributed by atoms with Crippen molar-refractivity contribution in [3.63, 3.8) is 0 Å². The molecule has 92 valence electrons. The SMILES string of the molecule is O=C([O-])[C@H](c1ccccc1)[C@H](O)c1ccccc1. The summed E-state index contributed by atoms with van der Waals surface area (Å²) in [5.41, 5.74) is 1.10. The van der Waals surface area contributed by atoms with Gasteiger partial charge >= 0.3 is 0 Å². The van der Waals surface area contributed by atoms with Crippen molar-refractivity contribution < 1.29 is 15.0 Å². The number of aliphatic carboxylic acids is 1. The number of carboxylic acids is 1. The molecule has 0 bridgehead atoms. The Morgan fingerprint density at radius 2 is 1.33 bits per heavy atom. The zero-order valence-corrected chi connectivity index (χ0v) is 9.69. The quantitative estimate of drug-likeness (QED) is 0.876. The number of benzene rings is 2. The average Bonchev–Trinajstić information content (AvgIpc) is 2.40. The molecule has 0 fully saturated rings. The van der Waals surface area contributed by atoms with Gasteiger partial charge in [-0.1, -0.05) is 60.7 Å². The van der Waals surface area contributed by atoms with Crippen LogP contribution in [0.25, 0.3) is 0 Å². The minimum atomic E-state index is -1.28. The Morgan fingerprint density at radius 3 is 1.78 bits per heavy atom. The molecule has 0 unspecified atom stereocenters. The van der Waals surface area contributed by atoms with Gasteiger partial charge in [0, 0.05) is 0 Å². The van der Waals surface area contributed by atoms with E-state index in [1.54, 1.807) is 54.6 Å². The third-order valence-corrected chi connectivity index (χ3v) is 2.87. The molecule has 3 heteroatoms. The van der Waals surface area contributed by atoms with Crippen molar-refractivity contribution in [2.75, 3.05) is 0 Å². The summed E-state index contributed by atoms with van der Waals surface area (Å²) >= 11 is 0. The molecule has 1 N–H and O–H groups in total. The first-order valence-electron chi connectivity index (χ1n) is 5.69. The van der Waals surface area contributed by atoms with Gasteiger partial charge in [-0.2, -0.15) is 0 Å². The number of hydrogen-bond donors (Lipinski definition) is 1. The molecule has 0 aromatic heterocycles. The van der Waals surface area contributed by atoms with E-state index in [4.69, 9.17) is 0 Å². The number of aliphatic hydroxyl groups excluding tert-OH is 1. The normalized spacial score (nSPS) is 13.8. The first-order valence-corrected chi connectivity index (χ1v) is 5.69. The van der Waals surface area contributed by atoms with Gasteiger partial charge in [0.1, 0.15) is 0 Å². The van der Waals surface area contributed by atoms with Crippen LogP contribution in [0.3, 0.4) is 0 Å². The van der Waals surface area contributed by atoms with Gasteiger partial charge in [0.15, 0.2) is 0 Å². The number of carbonyl (C=O) groups is 1. The standard InChI is InChI=1S/C15H14O3/c16-14(12-9-5-2-6-10-12)13(15(17)18)11-7-3-1-4-8-11/h1-10,13-14,16H,(H,17,18)/p-1/t13-,14-/m1/s1. The highest BCUT2D eigenvalue weighted by molar-refractivity contribution is 5.75. The lowest BCUT2D eigenvalue weighted by molar-refractivity contribution is -0.310. The van der Waals surface area contributed by atoms with Gasteiger partial charge in [0.05, 0.1) is 18.0 Å². The van der Waals surface area contributed by atoms with E-state index in [1.165, 1.54) is 0 Å². The van der Waals surface area contributed by atoms with E-state index in [2.05, 4.69) is 0 Å². The number of aliphatic hydroxyl groups is 1. The Labute approximate surface area is 105 Å². The molecule has 0 radical (unpaired) electrons. The van der Waals surface area contributed by atoms with Crippen molar-refractivity contribution in [2.24, 2.45) is 0 Å². The van der Waals surface area contributed by atoms with E-state index in [1.807, 2.05) is 6.07 Å². The zero-order chi connectivity index (χ0) is 13.0. The van der Waals surface area contributed by atoms with Crippen molar-refractivity contribution >= 4 is 5.97 Å². The molecule has 0 amide bonds. The minimum absolute atomic E-state index is 0.536. The van der Waals surface area contributed by atoms with Gasteiger partial charge in [-0.05, 0) is 11.1 Å². The molecule has 0 saturated carbocycles. The van der Waals surface area contributed by atoms with Crippen molar-refractivity contribution in [2.45, 2.75) is 12.0 Å². The molecule has 0 saturated heterocycles. The Balaban J connectivity index is 2.35. The van der Waals surface area contributed by atoms with Gasteiger partial charge in [-0.25, -0.2) is 0 Å². The molecular formula is C15H13O3-. The molecule has 0 spiro atoms. The van der Waals surface area contributed by atoms with Gasteiger partial charge in [-0.15, -0.1) is 0 Å². The third-order valence-electron chi connectivity index (χ3n) is 2.87. The lowest BCUT2D eigenvalue weighted by Gasteiger charge is -2.24. The second kappa shape index (κ2) is 5.47. The Hall–Kier alpha value is -2.13. The molecule has 0 aliphatic carbocycles. The van der Waals surface area contributed by atoms with E-state index in [9.17, 15) is 15.0 Å². The van der Waals surface area contributed by atoms with Crippen LogP contribution in [0.1, 0.15) is 23.1 Å². The van der Waals surface area contributed by atoms with Crippen LogP contribution in [0, 0.1) is 0 Å². The van der Waals surface area contributed by atoms with Crippen LogP contribution in [0.15, 0.2) is 60.7 Å². The predicted octanol–water partition coefficient (Wildman–Crippen LogP) is 1.25. The molecule has 0 aliphatic heterocycles. The fourth-order valence-corrected chi connectivity index (χ4v) is 1.95. The molecule has 0 aliphatic rings. The summed E-state index contributed by atoms with van der Waals surface area (Å²) in [5, 5.41) is 21.4. The van der Waals surface area contributed by atoms with Crippen LogP contribution in [0.5, 0.6) is 0 Å². The summed E-state index contributed by atoms with van der Waals surface area (Å²) < 4.78 is 0. The largest absolute Gasteiger partial charge is 0.549 e. The Morgan fingerprint density at radius 1 is 0.889 bits per heavy atom. The van der Waals surface area contributed by atoms with Gasteiger partial charge < -0.3 is 15.0 Å². The van der Waals surface area contributed by atoms with Crippen LogP contribution >= 0.6 is 0 Å². The summed E-state index contributed by atoms with van der Waals surface area (Å²) in [6.45, 7) is 0. The van der Waals surface area contributed by atoms with E-state index < -0.39 is 18.0 Å². The summed E-state index contributed by atoms with van der Waals surface area (Å²) in [7, 11) is 0. The average molecular weight is 241 g/mol. The number of hydrogen-bond acceptors (Lipinski definition) is 3. The molecule has 3 nitrogen and oxygen atoms in total. The molecule has 2 rings (SSSR count). The van der Waals surface area contributed by atoms with Gasteiger partial charge in [-0.3, -0.25) is 0 Å². The molecule has 2 aromatic carbocycles. The summed E-state index contributed by atoms with van der Waals surface area (Å²) in [6.07, 6.45) is -1.11. The fraction of sp³-hybridized carbons (Fsp3) is 0.133. The lowest BCUT2D eigenvalue weighted by atomic mass is 9.89. The van der Waals surface area contributed by atoms with Crippen molar-refractivity contribution in [3.8, 4) is 0 Å². The van der Waals surface area contributed by atoms with E-state index in [0.717, 1.165) is 0 Å². The molecule has 2 aromatic rings. The number of carbonyl (C=O) groups excluding carboxylic acids is 1. The van der Waals surface area contributed by atoms with Crippen LogP contribution in [0.4, 0.5) is 0 Å². The number of rotatable bonds is 4. The second-order valence-electron chi connectivity index (χ2n) is 4.06. The predicted molar refractivity (Wildman–Crippen MR) is 65.6 cm³/mol. The summed E-state index contributed by atoms with van der Waals surface area (Å²) in [4.78, 5) is 11.2. The topological polar surface area (TPSA) is 60.4 Å². The Bertz CT molecular complexity index is 508. The monoisotopic (exact) mass is 241 g/mol. The maximum Gasteiger partial charge on any atom is 0.0911 e. The van der Waals surface area contributed by atoms with Gasteiger partial charge in [0.2, 0.25) is 0 Å². The first kappa shape index (κ1) is 12.3. The van der Waals surface area contributed by atoms with Crippen LogP contribution in [-0.4, -0.2) is 11.1 Å². The van der Waals surface area contributed by atoms with Crippen molar-refractivity contribution in [1.29, 1.82) is 0 Å². The second-order valence-corrected chi connectivity index (χ2v) is 4.06. The van der Waals surface area contributed by atoms with Crippen LogP contribution in [-0.2, 0) is 4.79 Å². The maximum absolute atomic E-state index is 11.2. The van der Waals surface area contributed by atoms with E-state index in [-0.39, 0.29) is 0 Å². The van der Waals surface area contributed by atoms with Crippen molar-refractivity contribution in [3.05, 3.63) is 71.8 Å². The van der Waals surface area contributed by atoms with Gasteiger partial charge in [0.25, 0.3) is 0 Å².